The third-order valence-electron chi connectivity index (χ3n) is 4.09. The molecule has 6 nitrogen and oxygen atoms in total. The molecule has 3 aromatic rings. The number of amides is 1. The predicted molar refractivity (Wildman–Crippen MR) is 118 cm³/mol. The van der Waals surface area contributed by atoms with Crippen LogP contribution in [0.2, 0.25) is 0 Å². The quantitative estimate of drug-likeness (QED) is 0.484. The smallest absolute Gasteiger partial charge is 0.226 e. The second kappa shape index (κ2) is 10.2. The third kappa shape index (κ3) is 5.65. The summed E-state index contributed by atoms with van der Waals surface area (Å²) in [6, 6.07) is 13.4. The molecule has 1 amide bonds. The van der Waals surface area contributed by atoms with Crippen molar-refractivity contribution in [1.82, 2.24) is 4.98 Å². The highest BCUT2D eigenvalue weighted by Gasteiger charge is 2.11. The molecular weight excluding hydrogens is 408 g/mol. The van der Waals surface area contributed by atoms with Gasteiger partial charge in [-0.1, -0.05) is 0 Å². The second-order valence-corrected chi connectivity index (χ2v) is 7.96. The van der Waals surface area contributed by atoms with Gasteiger partial charge in [0.2, 0.25) is 5.91 Å². The summed E-state index contributed by atoms with van der Waals surface area (Å²) in [5, 5.41) is 5.35. The highest BCUT2D eigenvalue weighted by Crippen LogP contribution is 2.33. The highest BCUT2D eigenvalue weighted by atomic mass is 32.2. The first-order valence-corrected chi connectivity index (χ1v) is 10.7. The van der Waals surface area contributed by atoms with Crippen LogP contribution in [0, 0.1) is 0 Å². The van der Waals surface area contributed by atoms with E-state index < -0.39 is 0 Å². The Bertz CT molecular complexity index is 958. The lowest BCUT2D eigenvalue weighted by Gasteiger charge is -2.08. The SMILES string of the molecule is COc1ccc(SCCC(=O)Nc2nc(-c3ccc(OC)c(OC)c3)cs2)cc1. The third-order valence-corrected chi connectivity index (χ3v) is 5.86. The Morgan fingerprint density at radius 1 is 1.03 bits per heavy atom. The molecule has 0 radical (unpaired) electrons. The van der Waals surface area contributed by atoms with Crippen LogP contribution in [0.3, 0.4) is 0 Å². The molecule has 152 valence electrons. The number of ether oxygens (including phenoxy) is 3. The monoisotopic (exact) mass is 430 g/mol. The summed E-state index contributed by atoms with van der Waals surface area (Å²) in [6.45, 7) is 0. The molecule has 0 aliphatic rings. The fourth-order valence-corrected chi connectivity index (χ4v) is 4.16. The van der Waals surface area contributed by atoms with Crippen LogP contribution in [0.25, 0.3) is 11.3 Å². The molecule has 0 saturated heterocycles. The van der Waals surface area contributed by atoms with Crippen molar-refractivity contribution in [1.29, 1.82) is 0 Å². The number of nitrogens with one attached hydrogen (secondary N) is 1. The minimum Gasteiger partial charge on any atom is -0.497 e. The van der Waals surface area contributed by atoms with Gasteiger partial charge in [-0.3, -0.25) is 4.79 Å². The number of methoxy groups -OCH3 is 3. The molecule has 0 aliphatic carbocycles. The van der Waals surface area contributed by atoms with Crippen LogP contribution >= 0.6 is 23.1 Å². The van der Waals surface area contributed by atoms with Crippen molar-refractivity contribution in [2.75, 3.05) is 32.4 Å². The van der Waals surface area contributed by atoms with E-state index in [0.29, 0.717) is 28.8 Å². The van der Waals surface area contributed by atoms with Crippen molar-refractivity contribution in [3.8, 4) is 28.5 Å². The Kier molecular flexibility index (Phi) is 7.37. The first kappa shape index (κ1) is 21.0. The van der Waals surface area contributed by atoms with Crippen molar-refractivity contribution in [3.63, 3.8) is 0 Å². The molecule has 0 spiro atoms. The van der Waals surface area contributed by atoms with Gasteiger partial charge in [-0.15, -0.1) is 23.1 Å². The molecular formula is C21H22N2O4S2. The van der Waals surface area contributed by atoms with E-state index in [2.05, 4.69) is 10.3 Å². The van der Waals surface area contributed by atoms with Crippen molar-refractivity contribution >= 4 is 34.1 Å². The Morgan fingerprint density at radius 2 is 1.79 bits per heavy atom. The van der Waals surface area contributed by atoms with Gasteiger partial charge in [-0.2, -0.15) is 0 Å². The van der Waals surface area contributed by atoms with Crippen LogP contribution in [0.15, 0.2) is 52.7 Å². The van der Waals surface area contributed by atoms with Crippen LogP contribution in [-0.2, 0) is 4.79 Å². The molecule has 0 atom stereocenters. The Morgan fingerprint density at radius 3 is 2.48 bits per heavy atom. The molecule has 1 heterocycles. The predicted octanol–water partition coefficient (Wildman–Crippen LogP) is 4.96. The maximum absolute atomic E-state index is 12.2. The van der Waals surface area contributed by atoms with Gasteiger partial charge in [0.15, 0.2) is 16.6 Å². The van der Waals surface area contributed by atoms with Crippen molar-refractivity contribution in [3.05, 3.63) is 47.8 Å². The van der Waals surface area contributed by atoms with E-state index in [4.69, 9.17) is 14.2 Å². The first-order valence-electron chi connectivity index (χ1n) is 8.87. The van der Waals surface area contributed by atoms with Gasteiger partial charge in [0.05, 0.1) is 27.0 Å². The van der Waals surface area contributed by atoms with Gasteiger partial charge >= 0.3 is 0 Å². The number of carbonyl (C=O) groups excluding carboxylic acids is 1. The maximum Gasteiger partial charge on any atom is 0.226 e. The van der Waals surface area contributed by atoms with Crippen molar-refractivity contribution in [2.24, 2.45) is 0 Å². The zero-order chi connectivity index (χ0) is 20.6. The van der Waals surface area contributed by atoms with Crippen LogP contribution in [-0.4, -0.2) is 38.0 Å². The van der Waals surface area contributed by atoms with Gasteiger partial charge in [0.25, 0.3) is 0 Å². The van der Waals surface area contributed by atoms with E-state index in [1.807, 2.05) is 47.8 Å². The number of carbonyl (C=O) groups is 1. The lowest BCUT2D eigenvalue weighted by molar-refractivity contribution is -0.115. The standard InChI is InChI=1S/C21H22N2O4S2/c1-25-15-5-7-16(8-6-15)28-11-10-20(24)23-21-22-17(13-29-21)14-4-9-18(26-2)19(12-14)27-3/h4-9,12-13H,10-11H2,1-3H3,(H,22,23,24). The molecule has 0 bridgehead atoms. The number of anilines is 1. The van der Waals surface area contributed by atoms with Gasteiger partial charge in [-0.25, -0.2) is 4.98 Å². The molecule has 0 aliphatic heterocycles. The van der Waals surface area contributed by atoms with E-state index in [0.717, 1.165) is 21.9 Å². The molecule has 3 rings (SSSR count). The summed E-state index contributed by atoms with van der Waals surface area (Å²) in [4.78, 5) is 17.8. The van der Waals surface area contributed by atoms with Gasteiger partial charge < -0.3 is 19.5 Å². The topological polar surface area (TPSA) is 69.7 Å². The zero-order valence-electron chi connectivity index (χ0n) is 16.4. The minimum atomic E-state index is -0.0563. The molecule has 2 aromatic carbocycles. The number of aromatic nitrogens is 1. The van der Waals surface area contributed by atoms with Gasteiger partial charge in [0, 0.05) is 28.0 Å². The van der Waals surface area contributed by atoms with Crippen LogP contribution < -0.4 is 19.5 Å². The lowest BCUT2D eigenvalue weighted by Crippen LogP contribution is -2.11. The summed E-state index contributed by atoms with van der Waals surface area (Å²) in [5.41, 5.74) is 1.67. The fraction of sp³-hybridized carbons (Fsp3) is 0.238. The average Bonchev–Trinajstić information content (AvgIpc) is 3.22. The van der Waals surface area contributed by atoms with Crippen LogP contribution in [0.1, 0.15) is 6.42 Å². The number of nitrogens with zero attached hydrogens (tertiary/aromatic N) is 1. The fourth-order valence-electron chi connectivity index (χ4n) is 2.57. The van der Waals surface area contributed by atoms with E-state index in [-0.39, 0.29) is 5.91 Å². The molecule has 0 unspecified atom stereocenters. The summed E-state index contributed by atoms with van der Waals surface area (Å²) in [5.74, 6) is 2.75. The summed E-state index contributed by atoms with van der Waals surface area (Å²) >= 11 is 3.02. The lowest BCUT2D eigenvalue weighted by atomic mass is 10.1. The van der Waals surface area contributed by atoms with E-state index in [1.165, 1.54) is 11.3 Å². The van der Waals surface area contributed by atoms with Gasteiger partial charge in [0.1, 0.15) is 5.75 Å². The highest BCUT2D eigenvalue weighted by molar-refractivity contribution is 7.99. The maximum atomic E-state index is 12.2. The average molecular weight is 431 g/mol. The number of thiazole rings is 1. The summed E-state index contributed by atoms with van der Waals surface area (Å²) in [7, 11) is 4.83. The number of thioether (sulfide) groups is 1. The van der Waals surface area contributed by atoms with E-state index in [9.17, 15) is 4.79 Å². The summed E-state index contributed by atoms with van der Waals surface area (Å²) < 4.78 is 15.7. The Labute approximate surface area is 178 Å². The molecule has 1 aromatic heterocycles. The Hall–Kier alpha value is -2.71. The molecule has 1 N–H and O–H groups in total. The first-order chi connectivity index (χ1) is 14.1. The van der Waals surface area contributed by atoms with E-state index in [1.54, 1.807) is 33.1 Å². The molecule has 0 saturated carbocycles. The van der Waals surface area contributed by atoms with Crippen molar-refractivity contribution in [2.45, 2.75) is 11.3 Å². The number of hydrogen-bond donors (Lipinski definition) is 1. The van der Waals surface area contributed by atoms with Crippen molar-refractivity contribution < 1.29 is 19.0 Å². The minimum absolute atomic E-state index is 0.0563. The van der Waals surface area contributed by atoms with Crippen LogP contribution in [0.4, 0.5) is 5.13 Å². The Balaban J connectivity index is 1.53. The van der Waals surface area contributed by atoms with Crippen LogP contribution in [0.5, 0.6) is 17.2 Å². The molecule has 0 fully saturated rings. The molecule has 29 heavy (non-hydrogen) atoms. The summed E-state index contributed by atoms with van der Waals surface area (Å²) in [6.07, 6.45) is 0.405. The van der Waals surface area contributed by atoms with Gasteiger partial charge in [-0.05, 0) is 42.5 Å². The molecule has 8 heteroatoms. The number of hydrogen-bond acceptors (Lipinski definition) is 7. The number of rotatable bonds is 9. The largest absolute Gasteiger partial charge is 0.497 e. The second-order valence-electron chi connectivity index (χ2n) is 5.93. The zero-order valence-corrected chi connectivity index (χ0v) is 18.1. The number of benzene rings is 2. The normalized spacial score (nSPS) is 10.4. The van der Waals surface area contributed by atoms with E-state index >= 15 is 0 Å².